The lowest BCUT2D eigenvalue weighted by atomic mass is 9.93. The van der Waals surface area contributed by atoms with E-state index >= 15 is 0 Å². The summed E-state index contributed by atoms with van der Waals surface area (Å²) in [6, 6.07) is 2.33. The molecule has 0 radical (unpaired) electrons. The molecule has 28 heavy (non-hydrogen) atoms. The number of imide groups is 1. The average molecular weight is 409 g/mol. The zero-order valence-electron chi connectivity index (χ0n) is 15.6. The maximum atomic E-state index is 14.5. The quantitative estimate of drug-likeness (QED) is 0.564. The van der Waals surface area contributed by atoms with Gasteiger partial charge in [0.05, 0.1) is 10.7 Å². The third-order valence-corrected chi connectivity index (χ3v) is 5.26. The average Bonchev–Trinajstić information content (AvgIpc) is 2.93. The SMILES string of the molecule is CCCCNC(=O)OCc1cc(N2C(=O)C3=C(CCCC3)C2=O)c(F)cc1Cl. The highest BCUT2D eigenvalue weighted by molar-refractivity contribution is 6.34. The molecule has 6 nitrogen and oxygen atoms in total. The van der Waals surface area contributed by atoms with E-state index in [-0.39, 0.29) is 17.3 Å². The van der Waals surface area contributed by atoms with Crippen molar-refractivity contribution < 1.29 is 23.5 Å². The van der Waals surface area contributed by atoms with E-state index in [1.165, 1.54) is 6.07 Å². The van der Waals surface area contributed by atoms with Crippen molar-refractivity contribution in [2.24, 2.45) is 0 Å². The maximum absolute atomic E-state index is 14.5. The first kappa shape index (κ1) is 20.3. The van der Waals surface area contributed by atoms with Crippen molar-refractivity contribution in [1.82, 2.24) is 5.32 Å². The number of anilines is 1. The van der Waals surface area contributed by atoms with Crippen LogP contribution >= 0.6 is 11.6 Å². The van der Waals surface area contributed by atoms with Gasteiger partial charge in [-0.3, -0.25) is 9.59 Å². The molecule has 0 bridgehead atoms. The first-order valence-electron chi connectivity index (χ1n) is 9.43. The monoisotopic (exact) mass is 408 g/mol. The summed E-state index contributed by atoms with van der Waals surface area (Å²) in [5.74, 6) is -1.74. The smallest absolute Gasteiger partial charge is 0.407 e. The van der Waals surface area contributed by atoms with E-state index in [2.05, 4.69) is 5.32 Å². The fourth-order valence-electron chi connectivity index (χ4n) is 3.38. The van der Waals surface area contributed by atoms with E-state index in [1.54, 1.807) is 0 Å². The summed E-state index contributed by atoms with van der Waals surface area (Å²) >= 11 is 6.06. The summed E-state index contributed by atoms with van der Waals surface area (Å²) in [5.41, 5.74) is 1.09. The number of hydrogen-bond donors (Lipinski definition) is 1. The molecule has 2 aliphatic rings. The lowest BCUT2D eigenvalue weighted by Crippen LogP contribution is -2.32. The molecule has 3 rings (SSSR count). The molecule has 0 unspecified atom stereocenters. The van der Waals surface area contributed by atoms with Gasteiger partial charge >= 0.3 is 6.09 Å². The molecular formula is C20H22ClFN2O4. The second-order valence-corrected chi connectivity index (χ2v) is 7.27. The van der Waals surface area contributed by atoms with Crippen LogP contribution in [0.4, 0.5) is 14.9 Å². The van der Waals surface area contributed by atoms with Gasteiger partial charge in [-0.1, -0.05) is 24.9 Å². The zero-order chi connectivity index (χ0) is 20.3. The van der Waals surface area contributed by atoms with Gasteiger partial charge in [0.2, 0.25) is 0 Å². The third kappa shape index (κ3) is 4.04. The molecule has 0 saturated heterocycles. The summed E-state index contributed by atoms with van der Waals surface area (Å²) in [5, 5.41) is 2.65. The molecule has 1 aromatic carbocycles. The van der Waals surface area contributed by atoms with E-state index in [4.69, 9.17) is 16.3 Å². The Morgan fingerprint density at radius 3 is 2.46 bits per heavy atom. The Labute approximate surface area is 167 Å². The molecule has 1 aliphatic carbocycles. The summed E-state index contributed by atoms with van der Waals surface area (Å²) < 4.78 is 19.6. The Balaban J connectivity index is 1.78. The van der Waals surface area contributed by atoms with Gasteiger partial charge < -0.3 is 10.1 Å². The van der Waals surface area contributed by atoms with Crippen LogP contribution in [0.5, 0.6) is 0 Å². The van der Waals surface area contributed by atoms with Crippen LogP contribution in [0.1, 0.15) is 51.0 Å². The van der Waals surface area contributed by atoms with Crippen LogP contribution in [0.3, 0.4) is 0 Å². The normalized spacial score (nSPS) is 16.5. The fourth-order valence-corrected chi connectivity index (χ4v) is 3.59. The lowest BCUT2D eigenvalue weighted by molar-refractivity contribution is -0.120. The number of amides is 3. The first-order valence-corrected chi connectivity index (χ1v) is 9.81. The van der Waals surface area contributed by atoms with Gasteiger partial charge in [0.15, 0.2) is 0 Å². The van der Waals surface area contributed by atoms with E-state index in [1.807, 2.05) is 6.92 Å². The number of carbonyl (C=O) groups excluding carboxylic acids is 3. The van der Waals surface area contributed by atoms with E-state index in [9.17, 15) is 18.8 Å². The van der Waals surface area contributed by atoms with Crippen LogP contribution in [-0.2, 0) is 20.9 Å². The Kier molecular flexibility index (Phi) is 6.34. The van der Waals surface area contributed by atoms with Crippen LogP contribution in [0.15, 0.2) is 23.3 Å². The van der Waals surface area contributed by atoms with Crippen LogP contribution in [0, 0.1) is 5.82 Å². The molecule has 1 aliphatic heterocycles. The molecule has 0 spiro atoms. The second-order valence-electron chi connectivity index (χ2n) is 6.86. The molecule has 3 amide bonds. The minimum Gasteiger partial charge on any atom is -0.445 e. The Morgan fingerprint density at radius 1 is 1.21 bits per heavy atom. The van der Waals surface area contributed by atoms with Gasteiger partial charge in [-0.15, -0.1) is 0 Å². The maximum Gasteiger partial charge on any atom is 0.407 e. The molecule has 150 valence electrons. The highest BCUT2D eigenvalue weighted by Crippen LogP contribution is 2.37. The summed E-state index contributed by atoms with van der Waals surface area (Å²) in [6.07, 6.45) is 3.87. The van der Waals surface area contributed by atoms with Gasteiger partial charge in [-0.2, -0.15) is 0 Å². The molecule has 0 aromatic heterocycles. The summed E-state index contributed by atoms with van der Waals surface area (Å²) in [4.78, 5) is 37.9. The number of ether oxygens (including phenoxy) is 1. The lowest BCUT2D eigenvalue weighted by Gasteiger charge is -2.18. The second kappa shape index (κ2) is 8.73. The van der Waals surface area contributed by atoms with Crippen LogP contribution < -0.4 is 10.2 Å². The molecule has 1 N–H and O–H groups in total. The van der Waals surface area contributed by atoms with Gasteiger partial charge in [0.1, 0.15) is 12.4 Å². The van der Waals surface area contributed by atoms with Gasteiger partial charge in [0, 0.05) is 23.3 Å². The topological polar surface area (TPSA) is 75.7 Å². The third-order valence-electron chi connectivity index (χ3n) is 4.91. The number of carbonyl (C=O) groups is 3. The van der Waals surface area contributed by atoms with Gasteiger partial charge in [-0.25, -0.2) is 14.1 Å². The molecule has 0 saturated carbocycles. The van der Waals surface area contributed by atoms with Crippen molar-refractivity contribution in [2.45, 2.75) is 52.1 Å². The summed E-state index contributed by atoms with van der Waals surface area (Å²) in [7, 11) is 0. The highest BCUT2D eigenvalue weighted by atomic mass is 35.5. The Bertz CT molecular complexity index is 825. The van der Waals surface area contributed by atoms with Crippen LogP contribution in [-0.4, -0.2) is 24.5 Å². The Morgan fingerprint density at radius 2 is 1.86 bits per heavy atom. The predicted octanol–water partition coefficient (Wildman–Crippen LogP) is 4.25. The predicted molar refractivity (Wildman–Crippen MR) is 102 cm³/mol. The molecule has 1 aromatic rings. The number of hydrogen-bond acceptors (Lipinski definition) is 4. The van der Waals surface area contributed by atoms with Gasteiger partial charge in [0.25, 0.3) is 11.8 Å². The number of nitrogens with zero attached hydrogens (tertiary/aromatic N) is 1. The van der Waals surface area contributed by atoms with Crippen molar-refractivity contribution in [2.75, 3.05) is 11.4 Å². The van der Waals surface area contributed by atoms with Crippen LogP contribution in [0.2, 0.25) is 5.02 Å². The number of halogens is 2. The largest absolute Gasteiger partial charge is 0.445 e. The van der Waals surface area contributed by atoms with E-state index in [0.29, 0.717) is 36.1 Å². The number of nitrogens with one attached hydrogen (secondary N) is 1. The van der Waals surface area contributed by atoms with Crippen molar-refractivity contribution in [3.05, 3.63) is 39.7 Å². The number of benzene rings is 1. The number of rotatable bonds is 6. The summed E-state index contributed by atoms with van der Waals surface area (Å²) in [6.45, 7) is 2.29. The van der Waals surface area contributed by atoms with Crippen molar-refractivity contribution >= 4 is 35.2 Å². The molecule has 0 atom stereocenters. The molecule has 8 heteroatoms. The molecule has 1 heterocycles. The van der Waals surface area contributed by atoms with Gasteiger partial charge in [-0.05, 0) is 44.2 Å². The number of unbranched alkanes of at least 4 members (excludes halogenated alkanes) is 1. The minimum atomic E-state index is -0.775. The molecular weight excluding hydrogens is 387 g/mol. The fraction of sp³-hybridized carbons (Fsp3) is 0.450. The standard InChI is InChI=1S/C20H22ClFN2O4/c1-2-3-8-23-20(27)28-11-12-9-17(16(22)10-15(12)21)24-18(25)13-6-4-5-7-14(13)19(24)26/h9-10H,2-8,11H2,1H3,(H,23,27). The highest BCUT2D eigenvalue weighted by Gasteiger charge is 2.41. The van der Waals surface area contributed by atoms with E-state index < -0.39 is 23.7 Å². The molecule has 0 fully saturated rings. The van der Waals surface area contributed by atoms with Crippen molar-refractivity contribution in [1.29, 1.82) is 0 Å². The zero-order valence-corrected chi connectivity index (χ0v) is 16.4. The van der Waals surface area contributed by atoms with E-state index in [0.717, 1.165) is 36.6 Å². The first-order chi connectivity index (χ1) is 13.4. The van der Waals surface area contributed by atoms with Crippen molar-refractivity contribution in [3.63, 3.8) is 0 Å². The Hall–Kier alpha value is -2.41. The minimum absolute atomic E-state index is 0.0550. The van der Waals surface area contributed by atoms with Crippen LogP contribution in [0.25, 0.3) is 0 Å². The number of alkyl carbamates (subject to hydrolysis) is 1. The van der Waals surface area contributed by atoms with Crippen molar-refractivity contribution in [3.8, 4) is 0 Å².